The summed E-state index contributed by atoms with van der Waals surface area (Å²) in [5.74, 6) is 1.53. The number of fused-ring (bicyclic) bond motifs is 5. The zero-order valence-corrected chi connectivity index (χ0v) is 16.7. The zero-order valence-electron chi connectivity index (χ0n) is 16.7. The largest absolute Gasteiger partial charge is 0.337 e. The van der Waals surface area contributed by atoms with Crippen molar-refractivity contribution in [2.45, 2.75) is 50.5 Å². The number of nitrogens with zero attached hydrogens (tertiary/aromatic N) is 2. The van der Waals surface area contributed by atoms with E-state index in [4.69, 9.17) is 0 Å². The third kappa shape index (κ3) is 2.65. The molecule has 1 fully saturated rings. The van der Waals surface area contributed by atoms with Gasteiger partial charge in [0.15, 0.2) is 0 Å². The minimum Gasteiger partial charge on any atom is -0.337 e. The molecule has 0 bridgehead atoms. The van der Waals surface area contributed by atoms with Gasteiger partial charge in [0, 0.05) is 43.0 Å². The van der Waals surface area contributed by atoms with E-state index < -0.39 is 0 Å². The van der Waals surface area contributed by atoms with Gasteiger partial charge in [0.1, 0.15) is 0 Å². The van der Waals surface area contributed by atoms with Crippen molar-refractivity contribution in [1.82, 2.24) is 4.90 Å². The van der Waals surface area contributed by atoms with Crippen LogP contribution in [0.15, 0.2) is 54.6 Å². The van der Waals surface area contributed by atoms with Crippen LogP contribution in [-0.2, 0) is 12.8 Å². The minimum absolute atomic E-state index is 0.637. The van der Waals surface area contributed by atoms with Crippen molar-refractivity contribution in [3.05, 3.63) is 71.3 Å². The molecule has 1 saturated heterocycles. The van der Waals surface area contributed by atoms with E-state index in [0.29, 0.717) is 12.0 Å². The SMILES string of the molecule is C1=CCC(CN2CC[C@@H]3[C@@H](C2)c2cccc4c2N3c2ccccc2CC4)CC1. The second kappa shape index (κ2) is 6.77. The molecule has 0 N–H and O–H groups in total. The normalized spacial score (nSPS) is 28.4. The number of hydrogen-bond acceptors (Lipinski definition) is 2. The van der Waals surface area contributed by atoms with Gasteiger partial charge in [-0.15, -0.1) is 0 Å². The van der Waals surface area contributed by atoms with Gasteiger partial charge in [0.25, 0.3) is 0 Å². The molecule has 0 spiro atoms. The lowest BCUT2D eigenvalue weighted by Crippen LogP contribution is -2.46. The van der Waals surface area contributed by atoms with Crippen LogP contribution >= 0.6 is 0 Å². The fourth-order valence-electron chi connectivity index (χ4n) is 6.27. The number of benzene rings is 2. The highest BCUT2D eigenvalue weighted by Gasteiger charge is 2.44. The third-order valence-electron chi connectivity index (χ3n) is 7.59. The maximum absolute atomic E-state index is 2.78. The summed E-state index contributed by atoms with van der Waals surface area (Å²) >= 11 is 0. The van der Waals surface area contributed by atoms with Crippen LogP contribution in [0.3, 0.4) is 0 Å². The number of hydrogen-bond donors (Lipinski definition) is 0. The van der Waals surface area contributed by atoms with Crippen molar-refractivity contribution in [3.8, 4) is 0 Å². The maximum Gasteiger partial charge on any atom is 0.0483 e. The Bertz CT molecular complexity index is 914. The van der Waals surface area contributed by atoms with Crippen LogP contribution in [0.1, 0.15) is 48.3 Å². The molecule has 3 heterocycles. The quantitative estimate of drug-likeness (QED) is 0.649. The summed E-state index contributed by atoms with van der Waals surface area (Å²) in [6.45, 7) is 3.78. The number of aryl methyl sites for hydroxylation is 2. The zero-order chi connectivity index (χ0) is 18.5. The summed E-state index contributed by atoms with van der Waals surface area (Å²) in [7, 11) is 0. The third-order valence-corrected chi connectivity index (χ3v) is 7.59. The summed E-state index contributed by atoms with van der Waals surface area (Å²) in [6, 6.07) is 16.9. The van der Waals surface area contributed by atoms with Crippen molar-refractivity contribution >= 4 is 11.4 Å². The summed E-state index contributed by atoms with van der Waals surface area (Å²) in [4.78, 5) is 5.53. The number of allylic oxidation sites excluding steroid dienone is 2. The lowest BCUT2D eigenvalue weighted by atomic mass is 9.86. The smallest absolute Gasteiger partial charge is 0.0483 e. The van der Waals surface area contributed by atoms with Crippen LogP contribution in [0.5, 0.6) is 0 Å². The van der Waals surface area contributed by atoms with E-state index in [1.165, 1.54) is 69.4 Å². The molecule has 6 rings (SSSR count). The van der Waals surface area contributed by atoms with E-state index in [1.54, 1.807) is 16.8 Å². The van der Waals surface area contributed by atoms with Crippen molar-refractivity contribution in [2.24, 2.45) is 5.92 Å². The molecule has 0 radical (unpaired) electrons. The highest BCUT2D eigenvalue weighted by molar-refractivity contribution is 5.79. The molecule has 1 unspecified atom stereocenters. The Balaban J connectivity index is 1.35. The Hall–Kier alpha value is -2.06. The van der Waals surface area contributed by atoms with E-state index in [9.17, 15) is 0 Å². The van der Waals surface area contributed by atoms with Gasteiger partial charge in [-0.05, 0) is 67.2 Å². The van der Waals surface area contributed by atoms with Gasteiger partial charge >= 0.3 is 0 Å². The van der Waals surface area contributed by atoms with Gasteiger partial charge in [-0.1, -0.05) is 48.6 Å². The summed E-state index contributed by atoms with van der Waals surface area (Å²) in [5, 5.41) is 0. The Kier molecular flexibility index (Phi) is 4.08. The lowest BCUT2D eigenvalue weighted by Gasteiger charge is -2.40. The van der Waals surface area contributed by atoms with E-state index in [-0.39, 0.29) is 0 Å². The second-order valence-electron chi connectivity index (χ2n) is 9.23. The molecule has 144 valence electrons. The standard InChI is InChI=1S/C26H30N2/c1-2-7-19(8-3-1)17-27-16-15-25-23(18-27)22-11-6-10-21-14-13-20-9-4-5-12-24(20)28(25)26(21)22/h1-2,4-6,9-12,19,23,25H,3,7-8,13-18H2/t19?,23-,25+/m0/s1. The van der Waals surface area contributed by atoms with E-state index in [1.807, 2.05) is 0 Å². The average molecular weight is 371 g/mol. The summed E-state index contributed by atoms with van der Waals surface area (Å²) in [6.07, 6.45) is 12.3. The fourth-order valence-corrected chi connectivity index (χ4v) is 6.27. The van der Waals surface area contributed by atoms with Crippen LogP contribution in [0.25, 0.3) is 0 Å². The van der Waals surface area contributed by atoms with E-state index >= 15 is 0 Å². The molecule has 0 amide bonds. The topological polar surface area (TPSA) is 6.48 Å². The molecule has 3 aliphatic heterocycles. The predicted octanol–water partition coefficient (Wildman–Crippen LogP) is 5.45. The average Bonchev–Trinajstić information content (AvgIpc) is 2.97. The van der Waals surface area contributed by atoms with Crippen LogP contribution in [0.4, 0.5) is 11.4 Å². The molecule has 2 aromatic rings. The molecule has 28 heavy (non-hydrogen) atoms. The van der Waals surface area contributed by atoms with Gasteiger partial charge in [0.05, 0.1) is 0 Å². The molecular formula is C26H30N2. The summed E-state index contributed by atoms with van der Waals surface area (Å²) in [5.41, 5.74) is 7.75. The Morgan fingerprint density at radius 1 is 0.893 bits per heavy atom. The highest BCUT2D eigenvalue weighted by atomic mass is 15.2. The molecular weight excluding hydrogens is 340 g/mol. The van der Waals surface area contributed by atoms with E-state index in [2.05, 4.69) is 64.4 Å². The van der Waals surface area contributed by atoms with Crippen LogP contribution in [0.2, 0.25) is 0 Å². The van der Waals surface area contributed by atoms with E-state index in [0.717, 1.165) is 5.92 Å². The monoisotopic (exact) mass is 370 g/mol. The first-order valence-electron chi connectivity index (χ1n) is 11.2. The molecule has 2 nitrogen and oxygen atoms in total. The molecule has 1 aliphatic carbocycles. The number of rotatable bonds is 2. The first-order chi connectivity index (χ1) is 13.9. The highest BCUT2D eigenvalue weighted by Crippen LogP contribution is 2.52. The number of likely N-dealkylation sites (tertiary alicyclic amines) is 1. The van der Waals surface area contributed by atoms with Crippen molar-refractivity contribution in [2.75, 3.05) is 24.5 Å². The van der Waals surface area contributed by atoms with Gasteiger partial charge in [-0.2, -0.15) is 0 Å². The first-order valence-corrected chi connectivity index (χ1v) is 11.2. The maximum atomic E-state index is 2.78. The van der Waals surface area contributed by atoms with Crippen LogP contribution in [-0.4, -0.2) is 30.6 Å². The molecule has 0 aromatic heterocycles. The number of para-hydroxylation sites is 2. The number of anilines is 2. The van der Waals surface area contributed by atoms with Crippen molar-refractivity contribution in [3.63, 3.8) is 0 Å². The first kappa shape index (κ1) is 16.9. The molecule has 2 heteroatoms. The van der Waals surface area contributed by atoms with Crippen LogP contribution < -0.4 is 4.90 Å². The minimum atomic E-state index is 0.637. The van der Waals surface area contributed by atoms with Crippen molar-refractivity contribution in [1.29, 1.82) is 0 Å². The van der Waals surface area contributed by atoms with Gasteiger partial charge in [-0.3, -0.25) is 0 Å². The molecule has 3 atom stereocenters. The lowest BCUT2D eigenvalue weighted by molar-refractivity contribution is 0.165. The van der Waals surface area contributed by atoms with Crippen LogP contribution in [0, 0.1) is 5.92 Å². The number of piperidine rings is 1. The summed E-state index contributed by atoms with van der Waals surface area (Å²) < 4.78 is 0. The Morgan fingerprint density at radius 2 is 1.79 bits per heavy atom. The molecule has 4 aliphatic rings. The fraction of sp³-hybridized carbons (Fsp3) is 0.462. The van der Waals surface area contributed by atoms with Crippen molar-refractivity contribution < 1.29 is 0 Å². The van der Waals surface area contributed by atoms with Gasteiger partial charge in [0.2, 0.25) is 0 Å². The Morgan fingerprint density at radius 3 is 2.71 bits per heavy atom. The predicted molar refractivity (Wildman–Crippen MR) is 116 cm³/mol. The van der Waals surface area contributed by atoms with Gasteiger partial charge in [-0.25, -0.2) is 0 Å². The van der Waals surface area contributed by atoms with Gasteiger partial charge < -0.3 is 9.80 Å². The second-order valence-corrected chi connectivity index (χ2v) is 9.23. The molecule has 0 saturated carbocycles. The molecule has 2 aromatic carbocycles. The Labute approximate surface area is 168 Å².